The number of furan rings is 1. The average Bonchev–Trinajstić information content (AvgIpc) is 2.85. The normalized spacial score (nSPS) is 10.9. The second-order valence-corrected chi connectivity index (χ2v) is 3.58. The van der Waals surface area contributed by atoms with Crippen LogP contribution in [0.4, 0.5) is 0 Å². The number of aromatic nitrogens is 1. The largest absolute Gasteiger partial charge is 0.478 e. The summed E-state index contributed by atoms with van der Waals surface area (Å²) in [5, 5.41) is 11.0. The number of hydrogen-bond acceptors (Lipinski definition) is 4. The van der Waals surface area contributed by atoms with Crippen LogP contribution >= 0.6 is 11.3 Å². The van der Waals surface area contributed by atoms with Gasteiger partial charge in [-0.2, -0.15) is 0 Å². The van der Waals surface area contributed by atoms with E-state index in [1.54, 1.807) is 17.7 Å². The third-order valence-corrected chi connectivity index (χ3v) is 2.53. The molecule has 0 saturated carbocycles. The van der Waals surface area contributed by atoms with Crippen molar-refractivity contribution in [3.63, 3.8) is 0 Å². The van der Waals surface area contributed by atoms with Gasteiger partial charge in [0.15, 0.2) is 10.8 Å². The molecule has 0 fully saturated rings. The van der Waals surface area contributed by atoms with Gasteiger partial charge in [-0.1, -0.05) is 0 Å². The van der Waals surface area contributed by atoms with Crippen LogP contribution in [0, 0.1) is 0 Å². The average molecular weight is 221 g/mol. The summed E-state index contributed by atoms with van der Waals surface area (Å²) in [5.74, 6) is -0.294. The fraction of sp³-hybridized carbons (Fsp3) is 0. The summed E-state index contributed by atoms with van der Waals surface area (Å²) < 4.78 is 5.17. The maximum Gasteiger partial charge on any atom is 0.328 e. The maximum atomic E-state index is 10.3. The molecule has 15 heavy (non-hydrogen) atoms. The molecular weight excluding hydrogens is 214 g/mol. The molecule has 2 rings (SSSR count). The highest BCUT2D eigenvalue weighted by molar-refractivity contribution is 7.13. The van der Waals surface area contributed by atoms with Gasteiger partial charge in [0.2, 0.25) is 0 Å². The third-order valence-electron chi connectivity index (χ3n) is 1.65. The number of thiazole rings is 1. The summed E-state index contributed by atoms with van der Waals surface area (Å²) in [6.07, 6.45) is 4.08. The minimum Gasteiger partial charge on any atom is -0.478 e. The van der Waals surface area contributed by atoms with Crippen LogP contribution in [-0.4, -0.2) is 16.1 Å². The van der Waals surface area contributed by atoms with Gasteiger partial charge < -0.3 is 9.52 Å². The van der Waals surface area contributed by atoms with Crippen molar-refractivity contribution in [2.45, 2.75) is 0 Å². The Morgan fingerprint density at radius 2 is 2.47 bits per heavy atom. The molecule has 0 bridgehead atoms. The van der Waals surface area contributed by atoms with E-state index >= 15 is 0 Å². The van der Waals surface area contributed by atoms with Crippen molar-refractivity contribution in [3.8, 4) is 10.8 Å². The van der Waals surface area contributed by atoms with E-state index in [9.17, 15) is 4.79 Å². The number of nitrogens with zero attached hydrogens (tertiary/aromatic N) is 1. The highest BCUT2D eigenvalue weighted by Crippen LogP contribution is 2.24. The summed E-state index contributed by atoms with van der Waals surface area (Å²) in [7, 11) is 0. The highest BCUT2D eigenvalue weighted by atomic mass is 32.1. The zero-order chi connectivity index (χ0) is 10.7. The third kappa shape index (κ3) is 2.32. The van der Waals surface area contributed by atoms with Gasteiger partial charge in [-0.3, -0.25) is 0 Å². The maximum absolute atomic E-state index is 10.3. The van der Waals surface area contributed by atoms with Crippen LogP contribution in [0.15, 0.2) is 34.3 Å². The summed E-state index contributed by atoms with van der Waals surface area (Å²) in [5.41, 5.74) is 0.619. The first-order valence-corrected chi connectivity index (χ1v) is 5.04. The summed E-state index contributed by atoms with van der Waals surface area (Å²) in [6.45, 7) is 0. The van der Waals surface area contributed by atoms with E-state index in [4.69, 9.17) is 9.52 Å². The standard InChI is InChI=1S/C10H7NO3S/c12-9(13)4-3-7-6-15-10(11-7)8-2-1-5-14-8/h1-6H,(H,12,13)/b4-3+. The van der Waals surface area contributed by atoms with Gasteiger partial charge in [-0.05, 0) is 18.2 Å². The Morgan fingerprint density at radius 1 is 1.60 bits per heavy atom. The molecule has 2 heterocycles. The fourth-order valence-corrected chi connectivity index (χ4v) is 1.79. The lowest BCUT2D eigenvalue weighted by Crippen LogP contribution is -1.85. The molecule has 2 aromatic rings. The predicted molar refractivity (Wildman–Crippen MR) is 56.5 cm³/mol. The van der Waals surface area contributed by atoms with Crippen molar-refractivity contribution in [3.05, 3.63) is 35.5 Å². The molecule has 0 saturated heterocycles. The first-order chi connectivity index (χ1) is 7.25. The quantitative estimate of drug-likeness (QED) is 0.809. The Hall–Kier alpha value is -1.88. The topological polar surface area (TPSA) is 63.3 Å². The highest BCUT2D eigenvalue weighted by Gasteiger charge is 2.04. The van der Waals surface area contributed by atoms with E-state index in [1.165, 1.54) is 17.4 Å². The van der Waals surface area contributed by atoms with Crippen molar-refractivity contribution < 1.29 is 14.3 Å². The Morgan fingerprint density at radius 3 is 3.13 bits per heavy atom. The number of hydrogen-bond donors (Lipinski definition) is 1. The second-order valence-electron chi connectivity index (χ2n) is 2.73. The van der Waals surface area contributed by atoms with E-state index in [2.05, 4.69) is 4.98 Å². The molecule has 2 aromatic heterocycles. The van der Waals surface area contributed by atoms with Gasteiger partial charge >= 0.3 is 5.97 Å². The molecule has 0 radical (unpaired) electrons. The van der Waals surface area contributed by atoms with Crippen molar-refractivity contribution in [2.24, 2.45) is 0 Å². The minimum atomic E-state index is -0.984. The number of aliphatic carboxylic acids is 1. The zero-order valence-corrected chi connectivity index (χ0v) is 8.40. The molecule has 0 spiro atoms. The lowest BCUT2D eigenvalue weighted by atomic mass is 10.4. The van der Waals surface area contributed by atoms with E-state index in [0.717, 1.165) is 11.1 Å². The SMILES string of the molecule is O=C(O)/C=C/c1csc(-c2ccco2)n1. The Balaban J connectivity index is 2.21. The van der Waals surface area contributed by atoms with Crippen LogP contribution in [0.25, 0.3) is 16.8 Å². The van der Waals surface area contributed by atoms with Gasteiger partial charge in [0.1, 0.15) is 0 Å². The fourth-order valence-electron chi connectivity index (χ4n) is 1.03. The zero-order valence-electron chi connectivity index (χ0n) is 7.58. The van der Waals surface area contributed by atoms with Crippen LogP contribution < -0.4 is 0 Å². The van der Waals surface area contributed by atoms with Crippen LogP contribution in [0.2, 0.25) is 0 Å². The lowest BCUT2D eigenvalue weighted by molar-refractivity contribution is -0.131. The molecule has 0 aromatic carbocycles. The number of carboxylic acids is 1. The Labute approximate surface area is 89.5 Å². The van der Waals surface area contributed by atoms with Crippen LogP contribution in [0.3, 0.4) is 0 Å². The number of carbonyl (C=O) groups is 1. The monoisotopic (exact) mass is 221 g/mol. The van der Waals surface area contributed by atoms with Gasteiger partial charge in [0.25, 0.3) is 0 Å². The lowest BCUT2D eigenvalue weighted by Gasteiger charge is -1.85. The Kier molecular flexibility index (Phi) is 2.64. The molecule has 0 unspecified atom stereocenters. The molecule has 0 aliphatic rings. The first kappa shape index (κ1) is 9.67. The molecule has 0 aliphatic heterocycles. The molecule has 0 amide bonds. The summed E-state index contributed by atoms with van der Waals surface area (Å²) >= 11 is 1.41. The molecule has 76 valence electrons. The van der Waals surface area contributed by atoms with Crippen molar-refractivity contribution in [2.75, 3.05) is 0 Å². The van der Waals surface area contributed by atoms with E-state index in [1.807, 2.05) is 6.07 Å². The van der Waals surface area contributed by atoms with Crippen molar-refractivity contribution in [1.82, 2.24) is 4.98 Å². The van der Waals surface area contributed by atoms with Crippen LogP contribution in [-0.2, 0) is 4.79 Å². The van der Waals surface area contributed by atoms with Gasteiger partial charge in [-0.25, -0.2) is 9.78 Å². The molecule has 0 aliphatic carbocycles. The number of rotatable bonds is 3. The first-order valence-electron chi connectivity index (χ1n) is 4.16. The van der Waals surface area contributed by atoms with E-state index < -0.39 is 5.97 Å². The van der Waals surface area contributed by atoms with Gasteiger partial charge in [-0.15, -0.1) is 11.3 Å². The van der Waals surface area contributed by atoms with E-state index in [0.29, 0.717) is 11.5 Å². The summed E-state index contributed by atoms with van der Waals surface area (Å²) in [6, 6.07) is 3.59. The second kappa shape index (κ2) is 4.10. The summed E-state index contributed by atoms with van der Waals surface area (Å²) in [4.78, 5) is 14.5. The van der Waals surface area contributed by atoms with Crippen molar-refractivity contribution in [1.29, 1.82) is 0 Å². The van der Waals surface area contributed by atoms with Gasteiger partial charge in [0, 0.05) is 11.5 Å². The minimum absolute atomic E-state index is 0.619. The molecular formula is C10H7NO3S. The number of carboxylic acid groups (broad SMARTS) is 1. The van der Waals surface area contributed by atoms with Crippen molar-refractivity contribution >= 4 is 23.4 Å². The Bertz CT molecular complexity index is 485. The molecule has 5 heteroatoms. The molecule has 0 atom stereocenters. The predicted octanol–water partition coefficient (Wildman–Crippen LogP) is 2.50. The smallest absolute Gasteiger partial charge is 0.328 e. The molecule has 4 nitrogen and oxygen atoms in total. The molecule has 1 N–H and O–H groups in total. The van der Waals surface area contributed by atoms with Crippen LogP contribution in [0.5, 0.6) is 0 Å². The van der Waals surface area contributed by atoms with E-state index in [-0.39, 0.29) is 0 Å². The van der Waals surface area contributed by atoms with Gasteiger partial charge in [0.05, 0.1) is 12.0 Å². The van der Waals surface area contributed by atoms with Crippen LogP contribution in [0.1, 0.15) is 5.69 Å².